The molecule has 2 amide bonds. The van der Waals surface area contributed by atoms with Crippen molar-refractivity contribution in [3.63, 3.8) is 0 Å². The van der Waals surface area contributed by atoms with E-state index in [1.54, 1.807) is 68.7 Å². The second kappa shape index (κ2) is 8.74. The number of carbonyl (C=O) groups excluding carboxylic acids is 3. The normalized spacial score (nSPS) is 10.4. The fourth-order valence-electron chi connectivity index (χ4n) is 3.07. The molecule has 0 aliphatic heterocycles. The van der Waals surface area contributed by atoms with E-state index in [1.165, 1.54) is 4.90 Å². The van der Waals surface area contributed by atoms with Gasteiger partial charge < -0.3 is 10.2 Å². The molecule has 0 heterocycles. The summed E-state index contributed by atoms with van der Waals surface area (Å²) in [6.07, 6.45) is 0. The monoisotopic (exact) mass is 400 g/mol. The van der Waals surface area contributed by atoms with Crippen LogP contribution in [-0.4, -0.2) is 36.6 Å². The lowest BCUT2D eigenvalue weighted by Crippen LogP contribution is -2.21. The lowest BCUT2D eigenvalue weighted by Gasteiger charge is -2.12. The van der Waals surface area contributed by atoms with Gasteiger partial charge in [-0.2, -0.15) is 0 Å². The molecule has 0 saturated carbocycles. The predicted octanol–water partition coefficient (Wildman–Crippen LogP) is 4.49. The number of aryl methyl sites for hydroxylation is 2. The van der Waals surface area contributed by atoms with Crippen LogP contribution >= 0.6 is 0 Å². The van der Waals surface area contributed by atoms with Gasteiger partial charge in [-0.25, -0.2) is 0 Å². The van der Waals surface area contributed by atoms with Gasteiger partial charge in [0.05, 0.1) is 5.56 Å². The summed E-state index contributed by atoms with van der Waals surface area (Å²) in [6, 6.07) is 18.9. The average molecular weight is 400 g/mol. The van der Waals surface area contributed by atoms with Crippen LogP contribution in [0.15, 0.2) is 66.7 Å². The van der Waals surface area contributed by atoms with Crippen molar-refractivity contribution in [2.24, 2.45) is 0 Å². The Morgan fingerprint density at radius 1 is 0.733 bits per heavy atom. The molecule has 0 saturated heterocycles. The highest BCUT2D eigenvalue weighted by Gasteiger charge is 2.19. The van der Waals surface area contributed by atoms with E-state index in [-0.39, 0.29) is 17.6 Å². The first-order valence-corrected chi connectivity index (χ1v) is 9.62. The Bertz CT molecular complexity index is 1120. The van der Waals surface area contributed by atoms with Crippen LogP contribution in [0.25, 0.3) is 0 Å². The summed E-state index contributed by atoms with van der Waals surface area (Å²) in [4.78, 5) is 39.4. The predicted molar refractivity (Wildman–Crippen MR) is 118 cm³/mol. The van der Waals surface area contributed by atoms with Gasteiger partial charge in [-0.1, -0.05) is 30.3 Å². The molecule has 0 aromatic heterocycles. The molecule has 0 aliphatic rings. The largest absolute Gasteiger partial charge is 0.345 e. The molecule has 3 aromatic carbocycles. The number of rotatable bonds is 5. The van der Waals surface area contributed by atoms with Gasteiger partial charge in [0.1, 0.15) is 0 Å². The molecule has 0 bridgehead atoms. The fourth-order valence-corrected chi connectivity index (χ4v) is 3.07. The van der Waals surface area contributed by atoms with Crippen molar-refractivity contribution in [3.05, 3.63) is 100 Å². The molecule has 5 nitrogen and oxygen atoms in total. The number of nitrogens with zero attached hydrogens (tertiary/aromatic N) is 1. The van der Waals surface area contributed by atoms with Crippen LogP contribution in [0.4, 0.5) is 5.69 Å². The van der Waals surface area contributed by atoms with Gasteiger partial charge in [0, 0.05) is 36.5 Å². The summed E-state index contributed by atoms with van der Waals surface area (Å²) >= 11 is 0. The summed E-state index contributed by atoms with van der Waals surface area (Å²) in [7, 11) is 3.36. The highest BCUT2D eigenvalue weighted by molar-refractivity contribution is 6.17. The van der Waals surface area contributed by atoms with Gasteiger partial charge in [-0.3, -0.25) is 14.4 Å². The number of nitrogens with one attached hydrogen (secondary N) is 1. The topological polar surface area (TPSA) is 66.5 Å². The minimum atomic E-state index is -0.380. The zero-order valence-electron chi connectivity index (χ0n) is 17.5. The highest BCUT2D eigenvalue weighted by Crippen LogP contribution is 2.19. The minimum absolute atomic E-state index is 0.114. The van der Waals surface area contributed by atoms with Crippen molar-refractivity contribution in [2.45, 2.75) is 13.8 Å². The molecule has 0 fully saturated rings. The van der Waals surface area contributed by atoms with Gasteiger partial charge >= 0.3 is 0 Å². The molecule has 0 atom stereocenters. The Hall–Kier alpha value is -3.73. The molecular formula is C25H24N2O3. The zero-order chi connectivity index (χ0) is 21.8. The molecule has 0 unspecified atom stereocenters. The Labute approximate surface area is 176 Å². The third kappa shape index (κ3) is 4.46. The maximum Gasteiger partial charge on any atom is 0.256 e. The first-order valence-electron chi connectivity index (χ1n) is 9.62. The van der Waals surface area contributed by atoms with E-state index in [9.17, 15) is 14.4 Å². The van der Waals surface area contributed by atoms with E-state index >= 15 is 0 Å². The maximum absolute atomic E-state index is 13.0. The van der Waals surface area contributed by atoms with Crippen LogP contribution < -0.4 is 5.32 Å². The molecule has 5 heteroatoms. The number of amides is 2. The highest BCUT2D eigenvalue weighted by atomic mass is 16.2. The number of carbonyl (C=O) groups is 3. The summed E-state index contributed by atoms with van der Waals surface area (Å²) in [5.74, 6) is -0.692. The molecule has 0 radical (unpaired) electrons. The summed E-state index contributed by atoms with van der Waals surface area (Å²) < 4.78 is 0. The molecule has 0 spiro atoms. The molecule has 152 valence electrons. The van der Waals surface area contributed by atoms with Crippen LogP contribution in [0.5, 0.6) is 0 Å². The van der Waals surface area contributed by atoms with Gasteiger partial charge in [-0.05, 0) is 61.4 Å². The van der Waals surface area contributed by atoms with Gasteiger partial charge in [0.15, 0.2) is 5.78 Å². The van der Waals surface area contributed by atoms with Gasteiger partial charge in [0.25, 0.3) is 11.8 Å². The Morgan fingerprint density at radius 3 is 1.93 bits per heavy atom. The summed E-state index contributed by atoms with van der Waals surface area (Å²) in [5.41, 5.74) is 4.40. The third-order valence-electron chi connectivity index (χ3n) is 4.98. The van der Waals surface area contributed by atoms with E-state index in [0.717, 1.165) is 11.1 Å². The average Bonchev–Trinajstić information content (AvgIpc) is 2.75. The van der Waals surface area contributed by atoms with E-state index in [1.807, 2.05) is 26.0 Å². The van der Waals surface area contributed by atoms with Crippen molar-refractivity contribution in [1.82, 2.24) is 4.90 Å². The first-order chi connectivity index (χ1) is 14.3. The maximum atomic E-state index is 13.0. The number of hydrogen-bond acceptors (Lipinski definition) is 3. The minimum Gasteiger partial charge on any atom is -0.345 e. The molecule has 30 heavy (non-hydrogen) atoms. The van der Waals surface area contributed by atoms with E-state index in [0.29, 0.717) is 27.9 Å². The third-order valence-corrected chi connectivity index (χ3v) is 4.98. The Morgan fingerprint density at radius 2 is 1.33 bits per heavy atom. The van der Waals surface area contributed by atoms with Crippen molar-refractivity contribution in [3.8, 4) is 0 Å². The van der Waals surface area contributed by atoms with E-state index in [4.69, 9.17) is 0 Å². The number of anilines is 1. The summed E-state index contributed by atoms with van der Waals surface area (Å²) in [5, 5.41) is 2.80. The van der Waals surface area contributed by atoms with Gasteiger partial charge in [-0.15, -0.1) is 0 Å². The first kappa shape index (κ1) is 21.0. The Kier molecular flexibility index (Phi) is 6.11. The van der Waals surface area contributed by atoms with Gasteiger partial charge in [0.2, 0.25) is 0 Å². The number of benzene rings is 3. The van der Waals surface area contributed by atoms with Crippen LogP contribution in [-0.2, 0) is 0 Å². The molecule has 3 aromatic rings. The van der Waals surface area contributed by atoms with Crippen LogP contribution in [0.3, 0.4) is 0 Å². The van der Waals surface area contributed by atoms with Crippen molar-refractivity contribution in [2.75, 3.05) is 19.4 Å². The quantitative estimate of drug-likeness (QED) is 0.642. The van der Waals surface area contributed by atoms with Crippen LogP contribution in [0.1, 0.15) is 47.8 Å². The Balaban J connectivity index is 1.84. The van der Waals surface area contributed by atoms with Crippen LogP contribution in [0.2, 0.25) is 0 Å². The van der Waals surface area contributed by atoms with E-state index < -0.39 is 0 Å². The van der Waals surface area contributed by atoms with Crippen molar-refractivity contribution in [1.29, 1.82) is 0 Å². The second-order valence-electron chi connectivity index (χ2n) is 7.40. The SMILES string of the molecule is Cc1ccc(C(=O)c2ccccc2C(=O)Nc2ccc(C(=O)N(C)C)cc2)cc1C. The molecular weight excluding hydrogens is 376 g/mol. The summed E-state index contributed by atoms with van der Waals surface area (Å²) in [6.45, 7) is 3.94. The van der Waals surface area contributed by atoms with E-state index in [2.05, 4.69) is 5.32 Å². The number of ketones is 1. The second-order valence-corrected chi connectivity index (χ2v) is 7.40. The van der Waals surface area contributed by atoms with Crippen molar-refractivity contribution < 1.29 is 14.4 Å². The molecule has 3 rings (SSSR count). The molecule has 1 N–H and O–H groups in total. The van der Waals surface area contributed by atoms with Crippen LogP contribution in [0, 0.1) is 13.8 Å². The fraction of sp³-hybridized carbons (Fsp3) is 0.160. The number of hydrogen-bond donors (Lipinski definition) is 1. The molecule has 0 aliphatic carbocycles. The lowest BCUT2D eigenvalue weighted by molar-refractivity contribution is 0.0827. The smallest absolute Gasteiger partial charge is 0.256 e. The zero-order valence-corrected chi connectivity index (χ0v) is 17.5. The van der Waals surface area contributed by atoms with Crippen molar-refractivity contribution >= 4 is 23.3 Å². The standard InChI is InChI=1S/C25H24N2O3/c1-16-9-10-19(15-17(16)2)23(28)21-7-5-6-8-22(21)24(29)26-20-13-11-18(12-14-20)25(30)27(3)4/h5-15H,1-4H3,(H,26,29). The lowest BCUT2D eigenvalue weighted by atomic mass is 9.95.